The minimum atomic E-state index is -1.35. The zero-order chi connectivity index (χ0) is 21.6. The van der Waals surface area contributed by atoms with E-state index in [9.17, 15) is 24.6 Å². The molecule has 28 heavy (non-hydrogen) atoms. The van der Waals surface area contributed by atoms with Gasteiger partial charge in [0.25, 0.3) is 0 Å². The minimum absolute atomic E-state index is 0.0186. The third kappa shape index (κ3) is 5.83. The summed E-state index contributed by atoms with van der Waals surface area (Å²) in [5, 5.41) is 21.0. The molecular weight excluding hydrogens is 364 g/mol. The number of ether oxygens (including phenoxy) is 2. The van der Waals surface area contributed by atoms with Gasteiger partial charge in [-0.3, -0.25) is 14.4 Å². The molecule has 0 aromatic carbocycles. The lowest BCUT2D eigenvalue weighted by Gasteiger charge is -2.27. The van der Waals surface area contributed by atoms with E-state index in [1.165, 1.54) is 6.92 Å². The maximum absolute atomic E-state index is 12.9. The van der Waals surface area contributed by atoms with Crippen molar-refractivity contribution in [2.24, 2.45) is 11.8 Å². The molecule has 1 heterocycles. The molecule has 0 aromatic heterocycles. The van der Waals surface area contributed by atoms with E-state index in [1.54, 1.807) is 13.8 Å². The van der Waals surface area contributed by atoms with E-state index in [-0.39, 0.29) is 42.8 Å². The number of aliphatic hydroxyl groups excluding tert-OH is 2. The molecule has 7 heteroatoms. The second-order valence-corrected chi connectivity index (χ2v) is 7.46. The normalized spacial score (nSPS) is 25.6. The molecule has 0 aromatic rings. The number of Topliss-reactive ketones (excluding diaryl/α,β-unsaturated/α-hetero) is 2. The molecule has 1 unspecified atom stereocenters. The average molecular weight is 396 g/mol. The van der Waals surface area contributed by atoms with Crippen LogP contribution in [0.15, 0.2) is 24.3 Å². The van der Waals surface area contributed by atoms with Gasteiger partial charge < -0.3 is 19.7 Å². The molecule has 0 saturated carbocycles. The quantitative estimate of drug-likeness (QED) is 0.224. The summed E-state index contributed by atoms with van der Waals surface area (Å²) in [6, 6.07) is 0. The van der Waals surface area contributed by atoms with Gasteiger partial charge in [-0.25, -0.2) is 0 Å². The molecular formula is C21H32O7. The van der Waals surface area contributed by atoms with Crippen LogP contribution in [0.4, 0.5) is 0 Å². The van der Waals surface area contributed by atoms with Crippen molar-refractivity contribution in [3.05, 3.63) is 24.3 Å². The summed E-state index contributed by atoms with van der Waals surface area (Å²) < 4.78 is 10.7. The number of epoxide rings is 1. The molecule has 1 fully saturated rings. The first kappa shape index (κ1) is 24.2. The van der Waals surface area contributed by atoms with Gasteiger partial charge in [0.2, 0.25) is 0 Å². The minimum Gasteiger partial charge on any atom is -0.465 e. The number of rotatable bonds is 12. The highest BCUT2D eigenvalue weighted by Crippen LogP contribution is 2.46. The maximum Gasteiger partial charge on any atom is 0.302 e. The Labute approximate surface area is 166 Å². The Kier molecular flexibility index (Phi) is 8.73. The lowest BCUT2D eigenvalue weighted by atomic mass is 9.81. The molecule has 0 spiro atoms. The molecule has 2 N–H and O–H groups in total. The smallest absolute Gasteiger partial charge is 0.302 e. The van der Waals surface area contributed by atoms with Crippen LogP contribution in [0.2, 0.25) is 0 Å². The van der Waals surface area contributed by atoms with Crippen LogP contribution in [0.25, 0.3) is 0 Å². The lowest BCUT2D eigenvalue weighted by Crippen LogP contribution is -2.44. The Balaban J connectivity index is 2.99. The first-order valence-corrected chi connectivity index (χ1v) is 9.54. The summed E-state index contributed by atoms with van der Waals surface area (Å²) in [5.74, 6) is -2.60. The molecule has 0 aliphatic carbocycles. The van der Waals surface area contributed by atoms with Crippen LogP contribution in [0.3, 0.4) is 0 Å². The van der Waals surface area contributed by atoms with Gasteiger partial charge in [0.1, 0.15) is 18.0 Å². The van der Waals surface area contributed by atoms with E-state index in [0.717, 1.165) is 0 Å². The maximum atomic E-state index is 12.9. The van der Waals surface area contributed by atoms with Crippen molar-refractivity contribution in [1.82, 2.24) is 0 Å². The van der Waals surface area contributed by atoms with Crippen molar-refractivity contribution in [2.45, 2.75) is 71.4 Å². The second-order valence-electron chi connectivity index (χ2n) is 7.46. The van der Waals surface area contributed by atoms with E-state index in [1.807, 2.05) is 26.0 Å². The number of allylic oxidation sites excluding steroid dienone is 1. The molecule has 158 valence electrons. The fraction of sp³-hybridized carbons (Fsp3) is 0.667. The molecule has 0 amide bonds. The Morgan fingerprint density at radius 2 is 1.93 bits per heavy atom. The molecule has 0 radical (unpaired) electrons. The summed E-state index contributed by atoms with van der Waals surface area (Å²) in [4.78, 5) is 35.7. The van der Waals surface area contributed by atoms with E-state index < -0.39 is 35.5 Å². The first-order chi connectivity index (χ1) is 13.0. The number of carbonyl (C=O) groups excluding carboxylic acids is 3. The molecule has 7 nitrogen and oxygen atoms in total. The Morgan fingerprint density at radius 1 is 1.32 bits per heavy atom. The topological polar surface area (TPSA) is 113 Å². The average Bonchev–Trinajstić information content (AvgIpc) is 3.33. The third-order valence-electron chi connectivity index (χ3n) is 5.17. The van der Waals surface area contributed by atoms with E-state index in [4.69, 9.17) is 9.47 Å². The monoisotopic (exact) mass is 396 g/mol. The Hall–Kier alpha value is -1.83. The van der Waals surface area contributed by atoms with Crippen molar-refractivity contribution >= 4 is 17.5 Å². The number of carbonyl (C=O) groups is 3. The highest BCUT2D eigenvalue weighted by atomic mass is 16.6. The second kappa shape index (κ2) is 10.1. The summed E-state index contributed by atoms with van der Waals surface area (Å²) in [7, 11) is 0. The zero-order valence-corrected chi connectivity index (χ0v) is 17.3. The van der Waals surface area contributed by atoms with Crippen molar-refractivity contribution < 1.29 is 34.1 Å². The van der Waals surface area contributed by atoms with E-state index in [2.05, 4.69) is 6.58 Å². The fourth-order valence-electron chi connectivity index (χ4n) is 3.31. The molecule has 0 bridgehead atoms. The third-order valence-corrected chi connectivity index (χ3v) is 5.17. The van der Waals surface area contributed by atoms with Crippen LogP contribution >= 0.6 is 0 Å². The van der Waals surface area contributed by atoms with Gasteiger partial charge in [0.05, 0.1) is 24.2 Å². The van der Waals surface area contributed by atoms with Gasteiger partial charge in [-0.2, -0.15) is 0 Å². The van der Waals surface area contributed by atoms with Crippen molar-refractivity contribution in [3.8, 4) is 0 Å². The lowest BCUT2D eigenvalue weighted by molar-refractivity contribution is -0.146. The largest absolute Gasteiger partial charge is 0.465 e. The van der Waals surface area contributed by atoms with Crippen LogP contribution in [0.5, 0.6) is 0 Å². The fourth-order valence-corrected chi connectivity index (χ4v) is 3.31. The summed E-state index contributed by atoms with van der Waals surface area (Å²) in [6.45, 7) is 11.6. The molecule has 1 aliphatic heterocycles. The van der Waals surface area contributed by atoms with Crippen molar-refractivity contribution in [1.29, 1.82) is 0 Å². The van der Waals surface area contributed by atoms with Crippen LogP contribution < -0.4 is 0 Å². The van der Waals surface area contributed by atoms with Gasteiger partial charge in [-0.1, -0.05) is 32.6 Å². The Morgan fingerprint density at radius 3 is 2.43 bits per heavy atom. The van der Waals surface area contributed by atoms with Gasteiger partial charge in [-0.15, -0.1) is 0 Å². The summed E-state index contributed by atoms with van der Waals surface area (Å²) in [6.07, 6.45) is 0.890. The van der Waals surface area contributed by atoms with Gasteiger partial charge in [-0.05, 0) is 13.8 Å². The van der Waals surface area contributed by atoms with Crippen LogP contribution in [-0.2, 0) is 23.9 Å². The Bertz CT molecular complexity index is 639. The number of ketones is 2. The number of esters is 1. The van der Waals surface area contributed by atoms with Crippen LogP contribution in [-0.4, -0.2) is 58.3 Å². The number of hydrogen-bond donors (Lipinski definition) is 2. The zero-order valence-electron chi connectivity index (χ0n) is 17.3. The number of hydrogen-bond acceptors (Lipinski definition) is 7. The summed E-state index contributed by atoms with van der Waals surface area (Å²) >= 11 is 0. The number of aliphatic hydroxyl groups is 2. The molecule has 6 atom stereocenters. The van der Waals surface area contributed by atoms with E-state index in [0.29, 0.717) is 0 Å². The predicted octanol–water partition coefficient (Wildman–Crippen LogP) is 1.75. The van der Waals surface area contributed by atoms with Gasteiger partial charge in [0.15, 0.2) is 5.78 Å². The van der Waals surface area contributed by atoms with Crippen LogP contribution in [0, 0.1) is 11.8 Å². The molecule has 1 rings (SSSR count). The standard InChI is InChI=1S/C21H32O7/c1-7-9-12(3)20-21(6,28-20)19(26)16(11-27-14(5)22)18(25)13(4)17(24)10-15(23)8-2/h7,9,12,16-17,19-20,24,26H,4,8,10-11H2,1-3,5-6H3/b9-7-/t12-,16-,17?,19-,20+,21+/m0/s1. The predicted molar refractivity (Wildman–Crippen MR) is 103 cm³/mol. The first-order valence-electron chi connectivity index (χ1n) is 9.54. The van der Waals surface area contributed by atoms with Crippen LogP contribution in [0.1, 0.15) is 47.5 Å². The summed E-state index contributed by atoms with van der Waals surface area (Å²) in [5.41, 5.74) is -1.19. The van der Waals surface area contributed by atoms with Gasteiger partial charge >= 0.3 is 5.97 Å². The van der Waals surface area contributed by atoms with Crippen molar-refractivity contribution in [3.63, 3.8) is 0 Å². The highest BCUT2D eigenvalue weighted by molar-refractivity contribution is 5.99. The van der Waals surface area contributed by atoms with Crippen molar-refractivity contribution in [2.75, 3.05) is 6.61 Å². The van der Waals surface area contributed by atoms with Gasteiger partial charge in [0, 0.05) is 31.3 Å². The SMILES string of the molecule is C=C(C(=O)[C@H](COC(C)=O)[C@H](O)[C@@]1(C)O[C@@H]1[C@@H](C)/C=C\C)C(O)CC(=O)CC. The highest BCUT2D eigenvalue weighted by Gasteiger charge is 2.61. The van der Waals surface area contributed by atoms with E-state index >= 15 is 0 Å². The molecule has 1 aliphatic rings. The molecule has 1 saturated heterocycles.